The molecule has 0 aromatic rings. The Bertz CT molecular complexity index is 197. The molecule has 0 unspecified atom stereocenters. The molecule has 0 aliphatic rings. The first-order valence-electron chi connectivity index (χ1n) is 5.28. The molecule has 0 aromatic heterocycles. The molecule has 6 heteroatoms. The quantitative estimate of drug-likeness (QED) is 0.396. The Morgan fingerprint density at radius 2 is 1.69 bits per heavy atom. The average Bonchev–Trinajstić information content (AvgIpc) is 2.25. The van der Waals surface area contributed by atoms with Crippen molar-refractivity contribution >= 4 is 5.91 Å². The molecule has 0 aromatic carbocycles. The molecule has 0 rings (SSSR count). The topological polar surface area (TPSA) is 93.0 Å². The van der Waals surface area contributed by atoms with Crippen molar-refractivity contribution in [1.29, 1.82) is 0 Å². The molecule has 0 heterocycles. The third kappa shape index (κ3) is 5.41. The Morgan fingerprint density at radius 1 is 1.19 bits per heavy atom. The molecular formula is C10H22N2O4. The van der Waals surface area contributed by atoms with Gasteiger partial charge in [0.1, 0.15) is 5.54 Å². The molecule has 0 atom stereocenters. The molecule has 0 aliphatic heterocycles. The van der Waals surface area contributed by atoms with Crippen molar-refractivity contribution in [3.8, 4) is 0 Å². The van der Waals surface area contributed by atoms with Gasteiger partial charge in [0.2, 0.25) is 5.91 Å². The molecule has 6 nitrogen and oxygen atoms in total. The summed E-state index contributed by atoms with van der Waals surface area (Å²) in [5.41, 5.74) is -1.31. The third-order valence-electron chi connectivity index (χ3n) is 2.32. The van der Waals surface area contributed by atoms with Crippen molar-refractivity contribution in [2.75, 3.05) is 40.5 Å². The molecule has 0 aliphatic carbocycles. The number of hydrogen-bond acceptors (Lipinski definition) is 5. The van der Waals surface area contributed by atoms with Gasteiger partial charge in [-0.15, -0.1) is 0 Å². The Balaban J connectivity index is 4.01. The lowest BCUT2D eigenvalue weighted by molar-refractivity contribution is -0.125. The van der Waals surface area contributed by atoms with Gasteiger partial charge in [-0.05, 0) is 27.1 Å². The normalized spacial score (nSPS) is 11.9. The highest BCUT2D eigenvalue weighted by Gasteiger charge is 2.29. The highest BCUT2D eigenvalue weighted by molar-refractivity contribution is 5.76. The summed E-state index contributed by atoms with van der Waals surface area (Å²) in [7, 11) is 3.83. The van der Waals surface area contributed by atoms with Crippen LogP contribution in [0.15, 0.2) is 0 Å². The maximum atomic E-state index is 11.5. The number of nitrogens with zero attached hydrogens (tertiary/aromatic N) is 1. The van der Waals surface area contributed by atoms with Crippen LogP contribution < -0.4 is 5.32 Å². The minimum absolute atomic E-state index is 0.279. The van der Waals surface area contributed by atoms with E-state index in [0.29, 0.717) is 12.8 Å². The number of hydrogen-bond donors (Lipinski definition) is 4. The average molecular weight is 234 g/mol. The summed E-state index contributed by atoms with van der Waals surface area (Å²) >= 11 is 0. The maximum Gasteiger partial charge on any atom is 0.220 e. The fraction of sp³-hybridized carbons (Fsp3) is 0.900. The largest absolute Gasteiger partial charge is 0.394 e. The Labute approximate surface area is 95.9 Å². The van der Waals surface area contributed by atoms with Crippen LogP contribution in [0.3, 0.4) is 0 Å². The van der Waals surface area contributed by atoms with Crippen molar-refractivity contribution in [2.45, 2.75) is 18.4 Å². The summed E-state index contributed by atoms with van der Waals surface area (Å²) in [6, 6.07) is 0. The molecule has 0 saturated heterocycles. The number of carbonyl (C=O) groups is 1. The fourth-order valence-electron chi connectivity index (χ4n) is 1.18. The molecular weight excluding hydrogens is 212 g/mol. The monoisotopic (exact) mass is 234 g/mol. The van der Waals surface area contributed by atoms with Crippen LogP contribution in [0.5, 0.6) is 0 Å². The summed E-state index contributed by atoms with van der Waals surface area (Å²) in [4.78, 5) is 13.4. The predicted octanol–water partition coefficient (Wildman–Crippen LogP) is -1.84. The molecule has 0 bridgehead atoms. The molecule has 16 heavy (non-hydrogen) atoms. The van der Waals surface area contributed by atoms with Gasteiger partial charge in [0.25, 0.3) is 0 Å². The number of amides is 1. The molecule has 0 spiro atoms. The van der Waals surface area contributed by atoms with Gasteiger partial charge in [-0.2, -0.15) is 0 Å². The summed E-state index contributed by atoms with van der Waals surface area (Å²) in [5.74, 6) is -0.279. The highest BCUT2D eigenvalue weighted by atomic mass is 16.3. The van der Waals surface area contributed by atoms with Crippen LogP contribution in [0.2, 0.25) is 0 Å². The SMILES string of the molecule is CN(C)CCCC(=O)NC(CO)(CO)CO. The number of carbonyl (C=O) groups excluding carboxylic acids is 1. The van der Waals surface area contributed by atoms with E-state index in [0.717, 1.165) is 6.54 Å². The van der Waals surface area contributed by atoms with Crippen molar-refractivity contribution in [3.63, 3.8) is 0 Å². The molecule has 4 N–H and O–H groups in total. The zero-order valence-corrected chi connectivity index (χ0v) is 9.94. The lowest BCUT2D eigenvalue weighted by atomic mass is 10.0. The van der Waals surface area contributed by atoms with Crippen LogP contribution >= 0.6 is 0 Å². The van der Waals surface area contributed by atoms with Gasteiger partial charge < -0.3 is 25.5 Å². The van der Waals surface area contributed by atoms with Crippen molar-refractivity contribution < 1.29 is 20.1 Å². The van der Waals surface area contributed by atoms with Gasteiger partial charge in [-0.3, -0.25) is 4.79 Å². The van der Waals surface area contributed by atoms with E-state index < -0.39 is 25.4 Å². The Kier molecular flexibility index (Phi) is 7.24. The van der Waals surface area contributed by atoms with E-state index in [-0.39, 0.29) is 5.91 Å². The zero-order chi connectivity index (χ0) is 12.6. The van der Waals surface area contributed by atoms with Gasteiger partial charge in [0, 0.05) is 6.42 Å². The van der Waals surface area contributed by atoms with Gasteiger partial charge in [0.05, 0.1) is 19.8 Å². The zero-order valence-electron chi connectivity index (χ0n) is 9.94. The van der Waals surface area contributed by atoms with E-state index in [2.05, 4.69) is 5.32 Å². The summed E-state index contributed by atoms with van der Waals surface area (Å²) in [6.07, 6.45) is 0.997. The number of aliphatic hydroxyl groups excluding tert-OH is 3. The highest BCUT2D eigenvalue weighted by Crippen LogP contribution is 2.03. The van der Waals surface area contributed by atoms with E-state index >= 15 is 0 Å². The minimum atomic E-state index is -1.31. The third-order valence-corrected chi connectivity index (χ3v) is 2.32. The van der Waals surface area contributed by atoms with Gasteiger partial charge in [0.15, 0.2) is 0 Å². The van der Waals surface area contributed by atoms with Crippen LogP contribution in [-0.2, 0) is 4.79 Å². The Hall–Kier alpha value is -0.690. The van der Waals surface area contributed by atoms with Crippen LogP contribution in [-0.4, -0.2) is 72.1 Å². The smallest absolute Gasteiger partial charge is 0.220 e. The van der Waals surface area contributed by atoms with Crippen LogP contribution in [0.25, 0.3) is 0 Å². The fourth-order valence-corrected chi connectivity index (χ4v) is 1.18. The Morgan fingerprint density at radius 3 is 2.06 bits per heavy atom. The first kappa shape index (κ1) is 15.3. The summed E-state index contributed by atoms with van der Waals surface area (Å²) < 4.78 is 0. The number of rotatable bonds is 8. The number of nitrogens with one attached hydrogen (secondary N) is 1. The van der Waals surface area contributed by atoms with Crippen molar-refractivity contribution in [3.05, 3.63) is 0 Å². The van der Waals surface area contributed by atoms with Gasteiger partial charge in [-0.1, -0.05) is 0 Å². The second-order valence-corrected chi connectivity index (χ2v) is 4.21. The summed E-state index contributed by atoms with van der Waals surface area (Å²) in [6.45, 7) is -0.671. The lowest BCUT2D eigenvalue weighted by Gasteiger charge is -2.28. The van der Waals surface area contributed by atoms with Crippen LogP contribution in [0, 0.1) is 0 Å². The molecule has 0 saturated carbocycles. The van der Waals surface area contributed by atoms with E-state index in [1.54, 1.807) is 0 Å². The first-order valence-corrected chi connectivity index (χ1v) is 5.28. The molecule has 0 radical (unpaired) electrons. The summed E-state index contributed by atoms with van der Waals surface area (Å²) in [5, 5.41) is 29.4. The minimum Gasteiger partial charge on any atom is -0.394 e. The van der Waals surface area contributed by atoms with E-state index in [1.165, 1.54) is 0 Å². The first-order chi connectivity index (χ1) is 7.49. The van der Waals surface area contributed by atoms with Crippen LogP contribution in [0.4, 0.5) is 0 Å². The van der Waals surface area contributed by atoms with Gasteiger partial charge >= 0.3 is 0 Å². The van der Waals surface area contributed by atoms with E-state index in [9.17, 15) is 4.79 Å². The van der Waals surface area contributed by atoms with Crippen LogP contribution in [0.1, 0.15) is 12.8 Å². The molecule has 0 fully saturated rings. The van der Waals surface area contributed by atoms with E-state index in [4.69, 9.17) is 15.3 Å². The lowest BCUT2D eigenvalue weighted by Crippen LogP contribution is -2.57. The molecule has 96 valence electrons. The van der Waals surface area contributed by atoms with Crippen molar-refractivity contribution in [1.82, 2.24) is 10.2 Å². The second-order valence-electron chi connectivity index (χ2n) is 4.21. The predicted molar refractivity (Wildman–Crippen MR) is 59.9 cm³/mol. The number of aliphatic hydroxyl groups is 3. The maximum absolute atomic E-state index is 11.5. The molecule has 1 amide bonds. The van der Waals surface area contributed by atoms with Crippen molar-refractivity contribution in [2.24, 2.45) is 0 Å². The van der Waals surface area contributed by atoms with E-state index in [1.807, 2.05) is 19.0 Å². The van der Waals surface area contributed by atoms with Gasteiger partial charge in [-0.25, -0.2) is 0 Å². The second kappa shape index (κ2) is 7.56. The standard InChI is InChI=1S/C10H22N2O4/c1-12(2)5-3-4-9(16)11-10(6-13,7-14)8-15/h13-15H,3-8H2,1-2H3,(H,11,16).